The number of aryl methyl sites for hydroxylation is 1. The van der Waals surface area contributed by atoms with Gasteiger partial charge in [0.15, 0.2) is 10.1 Å². The molecule has 40 heavy (non-hydrogen) atoms. The number of anilines is 1. The summed E-state index contributed by atoms with van der Waals surface area (Å²) in [5.41, 5.74) is 2.48. The van der Waals surface area contributed by atoms with Crippen molar-refractivity contribution in [1.82, 2.24) is 19.6 Å². The van der Waals surface area contributed by atoms with Crippen LogP contribution in [0.5, 0.6) is 0 Å². The zero-order valence-corrected chi connectivity index (χ0v) is 24.0. The van der Waals surface area contributed by atoms with Gasteiger partial charge in [-0.25, -0.2) is 9.37 Å². The SMILES string of the molecule is Cc1nc2ccccn2c1/C(O)=C1\C(=O)C(=O)N(c2nnc(SCc3ccccc3F)s2)C1c1ccc(Br)cc1. The molecule has 6 rings (SSSR count). The number of imidazole rings is 1. The molecule has 3 aromatic heterocycles. The number of Topliss-reactive ketones (excluding diaryl/α,β-unsaturated/α-hetero) is 1. The molecule has 5 aromatic rings. The topological polar surface area (TPSA) is 101 Å². The van der Waals surface area contributed by atoms with E-state index in [1.807, 2.05) is 6.07 Å². The van der Waals surface area contributed by atoms with Crippen LogP contribution in [0, 0.1) is 12.7 Å². The van der Waals surface area contributed by atoms with Gasteiger partial charge in [0.1, 0.15) is 17.2 Å². The Morgan fingerprint density at radius 3 is 2.60 bits per heavy atom. The highest BCUT2D eigenvalue weighted by Crippen LogP contribution is 2.44. The van der Waals surface area contributed by atoms with E-state index in [1.165, 1.54) is 22.7 Å². The molecule has 2 aromatic carbocycles. The summed E-state index contributed by atoms with van der Waals surface area (Å²) < 4.78 is 17.1. The van der Waals surface area contributed by atoms with Crippen LogP contribution in [0.2, 0.25) is 0 Å². The molecule has 1 atom stereocenters. The number of fused-ring (bicyclic) bond motifs is 1. The highest BCUT2D eigenvalue weighted by Gasteiger charge is 2.48. The third-order valence-corrected chi connectivity index (χ3v) is 9.10. The number of aliphatic hydroxyl groups excluding tert-OH is 1. The summed E-state index contributed by atoms with van der Waals surface area (Å²) in [5, 5.41) is 20.2. The van der Waals surface area contributed by atoms with E-state index in [0.717, 1.165) is 15.8 Å². The minimum Gasteiger partial charge on any atom is -0.505 e. The fraction of sp³-hybridized carbons (Fsp3) is 0.107. The maximum atomic E-state index is 14.1. The molecule has 0 aliphatic carbocycles. The smallest absolute Gasteiger partial charge is 0.301 e. The number of carbonyl (C=O) groups is 2. The van der Waals surface area contributed by atoms with E-state index >= 15 is 0 Å². The van der Waals surface area contributed by atoms with Gasteiger partial charge in [-0.1, -0.05) is 75.4 Å². The molecule has 1 aliphatic rings. The maximum Gasteiger partial charge on any atom is 0.301 e. The lowest BCUT2D eigenvalue weighted by Gasteiger charge is -2.22. The van der Waals surface area contributed by atoms with E-state index in [9.17, 15) is 19.1 Å². The Balaban J connectivity index is 1.44. The summed E-state index contributed by atoms with van der Waals surface area (Å²) in [4.78, 5) is 32.8. The average molecular weight is 637 g/mol. The molecule has 1 aliphatic heterocycles. The zero-order valence-electron chi connectivity index (χ0n) is 20.8. The summed E-state index contributed by atoms with van der Waals surface area (Å²) in [7, 11) is 0. The molecule has 4 heterocycles. The predicted octanol–water partition coefficient (Wildman–Crippen LogP) is 6.31. The molecule has 8 nitrogen and oxygen atoms in total. The Hall–Kier alpha value is -3.87. The van der Waals surface area contributed by atoms with Crippen LogP contribution in [-0.2, 0) is 15.3 Å². The minimum absolute atomic E-state index is 0.0724. The molecular formula is C28H19BrFN5O3S2. The molecular weight excluding hydrogens is 617 g/mol. The molecule has 1 saturated heterocycles. The highest BCUT2D eigenvalue weighted by molar-refractivity contribution is 9.10. The number of nitrogens with zero attached hydrogens (tertiary/aromatic N) is 5. The van der Waals surface area contributed by atoms with Crippen molar-refractivity contribution in [3.05, 3.63) is 111 Å². The molecule has 12 heteroatoms. The lowest BCUT2D eigenvalue weighted by molar-refractivity contribution is -0.132. The molecule has 0 radical (unpaired) electrons. The first-order valence-corrected chi connectivity index (χ1v) is 14.6. The zero-order chi connectivity index (χ0) is 28.0. The van der Waals surface area contributed by atoms with Gasteiger partial charge in [-0.05, 0) is 48.4 Å². The standard InChI is InChI=1S/C28H19BrFN5O3S2/c1-15-22(34-13-5-4-8-20(34)31-15)24(36)21-23(16-9-11-18(29)12-10-16)35(26(38)25(21)37)27-32-33-28(40-27)39-14-17-6-2-3-7-19(17)30/h2-13,23,36H,14H2,1H3/b24-21+. The average Bonchev–Trinajstić information content (AvgIpc) is 3.62. The van der Waals surface area contributed by atoms with E-state index in [1.54, 1.807) is 72.1 Å². The summed E-state index contributed by atoms with van der Waals surface area (Å²) >= 11 is 5.82. The van der Waals surface area contributed by atoms with Gasteiger partial charge in [-0.2, -0.15) is 0 Å². The van der Waals surface area contributed by atoms with Crippen molar-refractivity contribution >= 4 is 67.3 Å². The molecule has 200 valence electrons. The Kier molecular flexibility index (Phi) is 6.99. The fourth-order valence-corrected chi connectivity index (χ4v) is 6.75. The van der Waals surface area contributed by atoms with Crippen molar-refractivity contribution in [2.45, 2.75) is 23.1 Å². The van der Waals surface area contributed by atoms with Crippen molar-refractivity contribution in [2.24, 2.45) is 0 Å². The van der Waals surface area contributed by atoms with Gasteiger partial charge in [-0.3, -0.25) is 18.9 Å². The predicted molar refractivity (Wildman–Crippen MR) is 155 cm³/mol. The summed E-state index contributed by atoms with van der Waals surface area (Å²) in [5.74, 6) is -2.00. The molecule has 1 N–H and O–H groups in total. The molecule has 0 bridgehead atoms. The Morgan fingerprint density at radius 2 is 1.82 bits per heavy atom. The third kappa shape index (κ3) is 4.61. The van der Waals surface area contributed by atoms with E-state index in [4.69, 9.17) is 0 Å². The van der Waals surface area contributed by atoms with Crippen LogP contribution in [0.3, 0.4) is 0 Å². The van der Waals surface area contributed by atoms with Gasteiger partial charge in [0.25, 0.3) is 5.78 Å². The second-order valence-corrected chi connectivity index (χ2v) is 12.0. The van der Waals surface area contributed by atoms with Gasteiger partial charge in [-0.15, -0.1) is 10.2 Å². The van der Waals surface area contributed by atoms with Crippen LogP contribution in [0.25, 0.3) is 11.4 Å². The first kappa shape index (κ1) is 26.4. The van der Waals surface area contributed by atoms with E-state index in [0.29, 0.717) is 38.3 Å². The molecule has 0 saturated carbocycles. The number of pyridine rings is 1. The van der Waals surface area contributed by atoms with Gasteiger partial charge < -0.3 is 5.11 Å². The number of aliphatic hydroxyl groups is 1. The normalized spacial score (nSPS) is 16.8. The summed E-state index contributed by atoms with van der Waals surface area (Å²) in [6.45, 7) is 1.73. The minimum atomic E-state index is -0.959. The quantitative estimate of drug-likeness (QED) is 0.0766. The lowest BCUT2D eigenvalue weighted by atomic mass is 9.96. The van der Waals surface area contributed by atoms with Gasteiger partial charge in [0.05, 0.1) is 17.3 Å². The van der Waals surface area contributed by atoms with Crippen LogP contribution < -0.4 is 4.90 Å². The Labute approximate surface area is 244 Å². The molecule has 1 unspecified atom stereocenters. The number of hydrogen-bond acceptors (Lipinski definition) is 8. The lowest BCUT2D eigenvalue weighted by Crippen LogP contribution is -2.29. The fourth-order valence-electron chi connectivity index (χ4n) is 4.63. The number of rotatable bonds is 6. The van der Waals surface area contributed by atoms with Crippen LogP contribution in [0.4, 0.5) is 9.52 Å². The van der Waals surface area contributed by atoms with Crippen molar-refractivity contribution in [2.75, 3.05) is 4.90 Å². The first-order valence-electron chi connectivity index (χ1n) is 12.0. The number of thioether (sulfide) groups is 1. The summed E-state index contributed by atoms with van der Waals surface area (Å²) in [6.07, 6.45) is 1.74. The molecule has 1 amide bonds. The number of benzene rings is 2. The van der Waals surface area contributed by atoms with Gasteiger partial charge >= 0.3 is 5.91 Å². The van der Waals surface area contributed by atoms with E-state index in [2.05, 4.69) is 31.1 Å². The van der Waals surface area contributed by atoms with Crippen LogP contribution in [-0.4, -0.2) is 36.4 Å². The van der Waals surface area contributed by atoms with Crippen LogP contribution in [0.15, 0.2) is 87.3 Å². The van der Waals surface area contributed by atoms with Crippen LogP contribution in [0.1, 0.15) is 28.6 Å². The number of carbonyl (C=O) groups excluding carboxylic acids is 2. The van der Waals surface area contributed by atoms with Gasteiger partial charge in [0, 0.05) is 16.4 Å². The van der Waals surface area contributed by atoms with Crippen molar-refractivity contribution in [3.8, 4) is 0 Å². The number of halogens is 2. The summed E-state index contributed by atoms with van der Waals surface area (Å²) in [6, 6.07) is 18.1. The van der Waals surface area contributed by atoms with Crippen molar-refractivity contribution < 1.29 is 19.1 Å². The number of ketones is 1. The number of aromatic nitrogens is 4. The third-order valence-electron chi connectivity index (χ3n) is 6.47. The molecule has 1 fully saturated rings. The molecule has 0 spiro atoms. The van der Waals surface area contributed by atoms with Gasteiger partial charge in [0.2, 0.25) is 5.13 Å². The maximum absolute atomic E-state index is 14.1. The highest BCUT2D eigenvalue weighted by atomic mass is 79.9. The second-order valence-electron chi connectivity index (χ2n) is 8.93. The van der Waals surface area contributed by atoms with Crippen molar-refractivity contribution in [3.63, 3.8) is 0 Å². The number of hydrogen-bond donors (Lipinski definition) is 1. The monoisotopic (exact) mass is 635 g/mol. The first-order chi connectivity index (χ1) is 19.3. The number of amides is 1. The Bertz CT molecular complexity index is 1820. The second kappa shape index (κ2) is 10.6. The van der Waals surface area contributed by atoms with E-state index in [-0.39, 0.29) is 22.3 Å². The van der Waals surface area contributed by atoms with E-state index < -0.39 is 17.7 Å². The Morgan fingerprint density at radius 1 is 1.07 bits per heavy atom. The van der Waals surface area contributed by atoms with Crippen LogP contribution >= 0.6 is 39.0 Å². The van der Waals surface area contributed by atoms with Crippen molar-refractivity contribution in [1.29, 1.82) is 0 Å². The largest absolute Gasteiger partial charge is 0.505 e.